The fourth-order valence-corrected chi connectivity index (χ4v) is 0.980. The summed E-state index contributed by atoms with van der Waals surface area (Å²) in [5, 5.41) is 11.1. The second-order valence-corrected chi connectivity index (χ2v) is 2.41. The molecule has 0 heterocycles. The van der Waals surface area contributed by atoms with Crippen LogP contribution in [0.1, 0.15) is 12.5 Å². The molecule has 0 aliphatic rings. The van der Waals surface area contributed by atoms with Crippen LogP contribution in [0.4, 0.5) is 0 Å². The molecule has 0 amide bonds. The third-order valence-electron chi connectivity index (χ3n) is 1.55. The van der Waals surface area contributed by atoms with Gasteiger partial charge in [0.25, 0.3) is 0 Å². The van der Waals surface area contributed by atoms with Gasteiger partial charge in [0.1, 0.15) is 5.75 Å². The predicted octanol–water partition coefficient (Wildman–Crippen LogP) is -1.19. The fourth-order valence-electron chi connectivity index (χ4n) is 0.980. The first-order valence-corrected chi connectivity index (χ1v) is 3.75. The van der Waals surface area contributed by atoms with Crippen LogP contribution >= 0.6 is 0 Å². The Morgan fingerprint density at radius 3 is 2.62 bits per heavy atom. The number of allylic oxidation sites excluding steroid dienone is 1. The van der Waals surface area contributed by atoms with E-state index in [4.69, 9.17) is 4.74 Å². The summed E-state index contributed by atoms with van der Waals surface area (Å²) in [4.78, 5) is 0. The molecular formula is C10H11NaO2. The number of benzene rings is 1. The van der Waals surface area contributed by atoms with Crippen molar-refractivity contribution in [1.82, 2.24) is 0 Å². The Kier molecular flexibility index (Phi) is 5.88. The molecule has 0 spiro atoms. The van der Waals surface area contributed by atoms with E-state index in [9.17, 15) is 5.11 Å². The predicted molar refractivity (Wildman–Crippen MR) is 47.1 cm³/mol. The van der Waals surface area contributed by atoms with Crippen LogP contribution in [-0.4, -0.2) is 7.11 Å². The van der Waals surface area contributed by atoms with Crippen molar-refractivity contribution in [2.75, 3.05) is 7.11 Å². The Hall–Kier alpha value is -0.440. The van der Waals surface area contributed by atoms with Crippen molar-refractivity contribution < 1.29 is 39.4 Å². The number of hydrogen-bond acceptors (Lipinski definition) is 2. The molecule has 1 aromatic rings. The van der Waals surface area contributed by atoms with Crippen LogP contribution in [0.2, 0.25) is 0 Å². The van der Waals surface area contributed by atoms with Crippen molar-refractivity contribution in [2.24, 2.45) is 0 Å². The van der Waals surface area contributed by atoms with E-state index in [2.05, 4.69) is 0 Å². The Morgan fingerprint density at radius 1 is 1.38 bits per heavy atom. The summed E-state index contributed by atoms with van der Waals surface area (Å²) in [6.07, 6.45) is 3.83. The molecule has 1 rings (SSSR count). The Labute approximate surface area is 101 Å². The second kappa shape index (κ2) is 6.08. The third-order valence-corrected chi connectivity index (χ3v) is 1.55. The van der Waals surface area contributed by atoms with Gasteiger partial charge in [-0.25, -0.2) is 0 Å². The molecule has 0 atom stereocenters. The number of hydrogen-bond donors (Lipinski definition) is 0. The van der Waals surface area contributed by atoms with Crippen molar-refractivity contribution >= 4 is 6.08 Å². The molecule has 0 saturated heterocycles. The maximum Gasteiger partial charge on any atom is 1.00 e. The van der Waals surface area contributed by atoms with E-state index in [-0.39, 0.29) is 35.3 Å². The van der Waals surface area contributed by atoms with Crippen LogP contribution in [0.15, 0.2) is 24.3 Å². The molecule has 2 nitrogen and oxygen atoms in total. The van der Waals surface area contributed by atoms with E-state index < -0.39 is 0 Å². The molecule has 0 bridgehead atoms. The molecule has 0 fully saturated rings. The van der Waals surface area contributed by atoms with Gasteiger partial charge < -0.3 is 9.84 Å². The minimum Gasteiger partial charge on any atom is -0.870 e. The molecule has 0 aliphatic carbocycles. The Morgan fingerprint density at radius 2 is 2.08 bits per heavy atom. The maximum atomic E-state index is 11.1. The second-order valence-electron chi connectivity index (χ2n) is 2.41. The molecule has 0 aliphatic heterocycles. The molecule has 13 heavy (non-hydrogen) atoms. The topological polar surface area (TPSA) is 32.3 Å². The summed E-state index contributed by atoms with van der Waals surface area (Å²) in [6, 6.07) is 5.00. The Balaban J connectivity index is 0.00000144. The van der Waals surface area contributed by atoms with E-state index in [0.29, 0.717) is 5.75 Å². The van der Waals surface area contributed by atoms with Gasteiger partial charge in [-0.15, -0.1) is 0 Å². The molecule has 0 aromatic heterocycles. The van der Waals surface area contributed by atoms with Gasteiger partial charge in [0, 0.05) is 0 Å². The summed E-state index contributed by atoms with van der Waals surface area (Å²) >= 11 is 0. The van der Waals surface area contributed by atoms with Gasteiger partial charge in [0.2, 0.25) is 0 Å². The van der Waals surface area contributed by atoms with Gasteiger partial charge in [0.15, 0.2) is 0 Å². The van der Waals surface area contributed by atoms with Crippen LogP contribution in [0.3, 0.4) is 0 Å². The summed E-state index contributed by atoms with van der Waals surface area (Å²) < 4.78 is 4.89. The minimum atomic E-state index is -0.0780. The number of ether oxygens (including phenoxy) is 1. The van der Waals surface area contributed by atoms with Crippen molar-refractivity contribution in [1.29, 1.82) is 0 Å². The van der Waals surface area contributed by atoms with Crippen LogP contribution in [0.25, 0.3) is 6.08 Å². The standard InChI is InChI=1S/C10H12O2.Na/c1-3-4-8-5-6-9(11)10(7-8)12-2;/h3-7,11H,1-2H3;/q;+1/p-1/b4-3-;. The van der Waals surface area contributed by atoms with Crippen molar-refractivity contribution in [3.8, 4) is 11.5 Å². The van der Waals surface area contributed by atoms with Crippen LogP contribution in [0, 0.1) is 0 Å². The summed E-state index contributed by atoms with van der Waals surface area (Å²) in [5.41, 5.74) is 0.981. The fraction of sp³-hybridized carbons (Fsp3) is 0.200. The maximum absolute atomic E-state index is 11.1. The van der Waals surface area contributed by atoms with Crippen molar-refractivity contribution in [3.05, 3.63) is 29.8 Å². The first-order valence-electron chi connectivity index (χ1n) is 3.75. The molecule has 0 unspecified atom stereocenters. The smallest absolute Gasteiger partial charge is 0.870 e. The van der Waals surface area contributed by atoms with Crippen LogP contribution < -0.4 is 39.4 Å². The summed E-state index contributed by atoms with van der Waals surface area (Å²) in [6.45, 7) is 1.93. The molecule has 3 heteroatoms. The zero-order valence-electron chi connectivity index (χ0n) is 8.20. The number of methoxy groups -OCH3 is 1. The average Bonchev–Trinajstić information content (AvgIpc) is 2.09. The molecule has 1 aromatic carbocycles. The normalized spacial score (nSPS) is 9.69. The first-order chi connectivity index (χ1) is 5.77. The van der Waals surface area contributed by atoms with Gasteiger partial charge in [-0.1, -0.05) is 30.0 Å². The van der Waals surface area contributed by atoms with Crippen LogP contribution in [-0.2, 0) is 0 Å². The molecule has 0 saturated carbocycles. The monoisotopic (exact) mass is 186 g/mol. The van der Waals surface area contributed by atoms with Crippen molar-refractivity contribution in [2.45, 2.75) is 6.92 Å². The quantitative estimate of drug-likeness (QED) is 0.544. The summed E-state index contributed by atoms with van der Waals surface area (Å²) in [7, 11) is 1.50. The van der Waals surface area contributed by atoms with E-state index in [1.54, 1.807) is 12.1 Å². The van der Waals surface area contributed by atoms with Gasteiger partial charge in [-0.2, -0.15) is 0 Å². The van der Waals surface area contributed by atoms with E-state index in [0.717, 1.165) is 5.56 Å². The molecule has 0 radical (unpaired) electrons. The van der Waals surface area contributed by atoms with Gasteiger partial charge in [-0.3, -0.25) is 0 Å². The zero-order chi connectivity index (χ0) is 8.97. The molecule has 64 valence electrons. The third kappa shape index (κ3) is 3.43. The summed E-state index contributed by atoms with van der Waals surface area (Å²) in [5.74, 6) is 0.316. The number of rotatable bonds is 2. The molecular weight excluding hydrogens is 175 g/mol. The largest absolute Gasteiger partial charge is 1.00 e. The average molecular weight is 186 g/mol. The minimum absolute atomic E-state index is 0. The van der Waals surface area contributed by atoms with E-state index in [1.807, 2.05) is 19.1 Å². The Bertz CT molecular complexity index is 295. The molecule has 0 N–H and O–H groups in total. The SMILES string of the molecule is C/C=C\c1ccc([O-])c(OC)c1.[Na+]. The first kappa shape index (κ1) is 12.6. The van der Waals surface area contributed by atoms with Gasteiger partial charge in [0.05, 0.1) is 7.11 Å². The van der Waals surface area contributed by atoms with Gasteiger partial charge in [-0.05, 0) is 18.6 Å². The van der Waals surface area contributed by atoms with Gasteiger partial charge >= 0.3 is 29.6 Å². The zero-order valence-corrected chi connectivity index (χ0v) is 10.2. The van der Waals surface area contributed by atoms with E-state index in [1.165, 1.54) is 13.2 Å². The van der Waals surface area contributed by atoms with Crippen molar-refractivity contribution in [3.63, 3.8) is 0 Å². The van der Waals surface area contributed by atoms with Crippen LogP contribution in [0.5, 0.6) is 11.5 Å². The van der Waals surface area contributed by atoms with E-state index >= 15 is 0 Å².